The Bertz CT molecular complexity index is 437. The van der Waals surface area contributed by atoms with Crippen LogP contribution in [-0.2, 0) is 11.3 Å². The minimum Gasteiger partial charge on any atom is -0.491 e. The van der Waals surface area contributed by atoms with Gasteiger partial charge in [0.15, 0.2) is 0 Å². The number of hydrogen-bond acceptors (Lipinski definition) is 4. The van der Waals surface area contributed by atoms with Gasteiger partial charge in [-0.3, -0.25) is 4.79 Å². The number of carbonyl (C=O) groups is 1. The maximum absolute atomic E-state index is 12.0. The Hall–Kier alpha value is -1.30. The van der Waals surface area contributed by atoms with E-state index in [1.807, 2.05) is 24.3 Å². The molecule has 0 aliphatic carbocycles. The second-order valence-electron chi connectivity index (χ2n) is 4.90. The number of aliphatic hydroxyl groups excluding tert-OH is 1. The number of piperidine rings is 1. The van der Waals surface area contributed by atoms with E-state index in [9.17, 15) is 4.79 Å². The van der Waals surface area contributed by atoms with Crippen molar-refractivity contribution in [3.8, 4) is 5.75 Å². The molecular formula is C15H23ClN2O3. The van der Waals surface area contributed by atoms with Crippen molar-refractivity contribution in [2.24, 2.45) is 0 Å². The second-order valence-corrected chi connectivity index (χ2v) is 4.90. The quantitative estimate of drug-likeness (QED) is 0.739. The zero-order valence-electron chi connectivity index (χ0n) is 12.0. The number of nitrogens with one attached hydrogen (secondary N) is 2. The summed E-state index contributed by atoms with van der Waals surface area (Å²) >= 11 is 0. The first-order chi connectivity index (χ1) is 9.81. The largest absolute Gasteiger partial charge is 0.491 e. The first kappa shape index (κ1) is 17.8. The molecule has 21 heavy (non-hydrogen) atoms. The molecule has 1 heterocycles. The summed E-state index contributed by atoms with van der Waals surface area (Å²) < 4.78 is 5.45. The van der Waals surface area contributed by atoms with Crippen LogP contribution in [0.15, 0.2) is 24.3 Å². The highest BCUT2D eigenvalue weighted by Crippen LogP contribution is 2.17. The van der Waals surface area contributed by atoms with Crippen LogP contribution in [0.3, 0.4) is 0 Å². The van der Waals surface area contributed by atoms with E-state index < -0.39 is 0 Å². The third-order valence-electron chi connectivity index (χ3n) is 3.40. The molecule has 0 aromatic heterocycles. The number of amides is 1. The fraction of sp³-hybridized carbons (Fsp3) is 0.533. The first-order valence-corrected chi connectivity index (χ1v) is 7.14. The Labute approximate surface area is 131 Å². The van der Waals surface area contributed by atoms with Gasteiger partial charge in [-0.15, -0.1) is 12.4 Å². The summed E-state index contributed by atoms with van der Waals surface area (Å²) in [6, 6.07) is 7.47. The van der Waals surface area contributed by atoms with E-state index in [2.05, 4.69) is 10.6 Å². The molecule has 0 bridgehead atoms. The van der Waals surface area contributed by atoms with E-state index in [0.29, 0.717) is 12.3 Å². The zero-order chi connectivity index (χ0) is 14.2. The molecule has 0 spiro atoms. The Kier molecular flexibility index (Phi) is 8.12. The molecule has 6 heteroatoms. The van der Waals surface area contributed by atoms with Gasteiger partial charge >= 0.3 is 0 Å². The van der Waals surface area contributed by atoms with Gasteiger partial charge in [0.2, 0.25) is 5.91 Å². The minimum absolute atomic E-state index is 0. The van der Waals surface area contributed by atoms with E-state index in [1.165, 1.54) is 0 Å². The monoisotopic (exact) mass is 314 g/mol. The first-order valence-electron chi connectivity index (χ1n) is 7.14. The predicted octanol–water partition coefficient (Wildman–Crippen LogP) is 1.24. The van der Waals surface area contributed by atoms with Crippen molar-refractivity contribution < 1.29 is 14.6 Å². The van der Waals surface area contributed by atoms with Crippen molar-refractivity contribution in [2.75, 3.05) is 19.8 Å². The van der Waals surface area contributed by atoms with Gasteiger partial charge in [-0.05, 0) is 25.5 Å². The zero-order valence-corrected chi connectivity index (χ0v) is 12.8. The van der Waals surface area contributed by atoms with Crippen LogP contribution in [0.2, 0.25) is 0 Å². The summed E-state index contributed by atoms with van der Waals surface area (Å²) in [4.78, 5) is 12.0. The fourth-order valence-electron chi connectivity index (χ4n) is 2.33. The van der Waals surface area contributed by atoms with Crippen LogP contribution in [0.1, 0.15) is 24.8 Å². The topological polar surface area (TPSA) is 70.6 Å². The minimum atomic E-state index is -0.0747. The van der Waals surface area contributed by atoms with E-state index in [-0.39, 0.29) is 37.6 Å². The Morgan fingerprint density at radius 1 is 1.38 bits per heavy atom. The van der Waals surface area contributed by atoms with Crippen LogP contribution in [0, 0.1) is 0 Å². The average molecular weight is 315 g/mol. The van der Waals surface area contributed by atoms with Crippen molar-refractivity contribution >= 4 is 18.3 Å². The molecule has 1 aromatic carbocycles. The molecule has 0 saturated carbocycles. The average Bonchev–Trinajstić information content (AvgIpc) is 2.52. The summed E-state index contributed by atoms with van der Waals surface area (Å²) in [7, 11) is 0. The van der Waals surface area contributed by atoms with E-state index in [4.69, 9.17) is 9.84 Å². The molecule has 1 saturated heterocycles. The molecular weight excluding hydrogens is 292 g/mol. The van der Waals surface area contributed by atoms with Crippen LogP contribution in [0.5, 0.6) is 5.75 Å². The van der Waals surface area contributed by atoms with Gasteiger partial charge in [0.05, 0.1) is 12.6 Å². The smallest absolute Gasteiger partial charge is 0.237 e. The van der Waals surface area contributed by atoms with Gasteiger partial charge in [-0.1, -0.05) is 24.6 Å². The molecule has 3 N–H and O–H groups in total. The SMILES string of the molecule is Cl.O=C(NCc1ccccc1OCCO)C1CCCCN1. The van der Waals surface area contributed by atoms with E-state index in [0.717, 1.165) is 31.4 Å². The van der Waals surface area contributed by atoms with Gasteiger partial charge in [0, 0.05) is 12.1 Å². The number of hydrogen-bond donors (Lipinski definition) is 3. The second kappa shape index (κ2) is 9.60. The van der Waals surface area contributed by atoms with Crippen molar-refractivity contribution in [3.63, 3.8) is 0 Å². The normalized spacial score (nSPS) is 17.7. The number of aliphatic hydroxyl groups is 1. The molecule has 1 aliphatic rings. The maximum Gasteiger partial charge on any atom is 0.237 e. The molecule has 5 nitrogen and oxygen atoms in total. The number of rotatable bonds is 6. The molecule has 1 aliphatic heterocycles. The van der Waals surface area contributed by atoms with Crippen LogP contribution in [0.25, 0.3) is 0 Å². The van der Waals surface area contributed by atoms with Crippen LogP contribution in [-0.4, -0.2) is 36.8 Å². The lowest BCUT2D eigenvalue weighted by atomic mass is 10.0. The summed E-state index contributed by atoms with van der Waals surface area (Å²) in [6.07, 6.45) is 3.14. The van der Waals surface area contributed by atoms with Crippen LogP contribution < -0.4 is 15.4 Å². The van der Waals surface area contributed by atoms with Crippen molar-refractivity contribution in [2.45, 2.75) is 31.8 Å². The molecule has 1 amide bonds. The highest BCUT2D eigenvalue weighted by Gasteiger charge is 2.20. The molecule has 1 unspecified atom stereocenters. The van der Waals surface area contributed by atoms with Gasteiger partial charge in [-0.2, -0.15) is 0 Å². The number of halogens is 1. The van der Waals surface area contributed by atoms with Gasteiger partial charge in [0.25, 0.3) is 0 Å². The van der Waals surface area contributed by atoms with Gasteiger partial charge in [0.1, 0.15) is 12.4 Å². The number of benzene rings is 1. The highest BCUT2D eigenvalue weighted by atomic mass is 35.5. The number of ether oxygens (including phenoxy) is 1. The summed E-state index contributed by atoms with van der Waals surface area (Å²) in [5.41, 5.74) is 0.921. The van der Waals surface area contributed by atoms with Crippen molar-refractivity contribution in [3.05, 3.63) is 29.8 Å². The summed E-state index contributed by atoms with van der Waals surface area (Å²) in [5, 5.41) is 15.0. The van der Waals surface area contributed by atoms with Crippen molar-refractivity contribution in [1.82, 2.24) is 10.6 Å². The van der Waals surface area contributed by atoms with E-state index >= 15 is 0 Å². The molecule has 118 valence electrons. The Morgan fingerprint density at radius 3 is 2.90 bits per heavy atom. The third-order valence-corrected chi connectivity index (χ3v) is 3.40. The number of carbonyl (C=O) groups excluding carboxylic acids is 1. The third kappa shape index (κ3) is 5.53. The molecule has 2 rings (SSSR count). The highest BCUT2D eigenvalue weighted by molar-refractivity contribution is 5.85. The lowest BCUT2D eigenvalue weighted by Gasteiger charge is -2.22. The van der Waals surface area contributed by atoms with Crippen LogP contribution in [0.4, 0.5) is 0 Å². The lowest BCUT2D eigenvalue weighted by Crippen LogP contribution is -2.46. The molecule has 1 atom stereocenters. The van der Waals surface area contributed by atoms with Gasteiger partial charge < -0.3 is 20.5 Å². The standard InChI is InChI=1S/C15H22N2O3.ClH/c18-9-10-20-14-7-2-1-5-12(14)11-17-15(19)13-6-3-4-8-16-13;/h1-2,5,7,13,16,18H,3-4,6,8-11H2,(H,17,19);1H. The molecule has 0 radical (unpaired) electrons. The van der Waals surface area contributed by atoms with Gasteiger partial charge in [-0.25, -0.2) is 0 Å². The fourth-order valence-corrected chi connectivity index (χ4v) is 2.33. The maximum atomic E-state index is 12.0. The van der Waals surface area contributed by atoms with Crippen LogP contribution >= 0.6 is 12.4 Å². The lowest BCUT2D eigenvalue weighted by molar-refractivity contribution is -0.123. The molecule has 1 fully saturated rings. The number of para-hydroxylation sites is 1. The Morgan fingerprint density at radius 2 is 2.19 bits per heavy atom. The molecule has 1 aromatic rings. The summed E-state index contributed by atoms with van der Waals surface area (Å²) in [5.74, 6) is 0.750. The predicted molar refractivity (Wildman–Crippen MR) is 83.8 cm³/mol. The van der Waals surface area contributed by atoms with Crippen molar-refractivity contribution in [1.29, 1.82) is 0 Å². The Balaban J connectivity index is 0.00000220. The van der Waals surface area contributed by atoms with E-state index in [1.54, 1.807) is 0 Å². The summed E-state index contributed by atoms with van der Waals surface area (Å²) in [6.45, 7) is 1.59.